The molecular weight excluding hydrogens is 499 g/mol. The van der Waals surface area contributed by atoms with Crippen LogP contribution in [0.2, 0.25) is 0 Å². The van der Waals surface area contributed by atoms with Crippen molar-refractivity contribution in [3.63, 3.8) is 0 Å². The summed E-state index contributed by atoms with van der Waals surface area (Å²) in [7, 11) is 2.59. The van der Waals surface area contributed by atoms with E-state index in [4.69, 9.17) is 23.7 Å². The van der Waals surface area contributed by atoms with Crippen LogP contribution in [-0.2, 0) is 19.1 Å². The highest BCUT2D eigenvalue weighted by atomic mass is 19.3. The quantitative estimate of drug-likeness (QED) is 0.278. The fourth-order valence-corrected chi connectivity index (χ4v) is 3.43. The molecule has 0 aliphatic heterocycles. The minimum Gasteiger partial charge on any atom is -0.496 e. The molecular formula is C25H28F3NO8. The SMILES string of the molecule is COc1cc(F)ccc1[C@@H](OCC(F)F)[C@H](C)OC(=O)[C@H](C)CC(=O)c1nccc(OC)c1OC(C)=O. The fraction of sp³-hybridized carbons (Fsp3) is 0.440. The van der Waals surface area contributed by atoms with Crippen molar-refractivity contribution < 1.29 is 51.2 Å². The summed E-state index contributed by atoms with van der Waals surface area (Å²) in [6.07, 6.45) is -4.23. The Kier molecular flexibility index (Phi) is 10.9. The molecule has 0 N–H and O–H groups in total. The monoisotopic (exact) mass is 527 g/mol. The first-order valence-electron chi connectivity index (χ1n) is 11.2. The largest absolute Gasteiger partial charge is 0.496 e. The summed E-state index contributed by atoms with van der Waals surface area (Å²) >= 11 is 0. The van der Waals surface area contributed by atoms with Crippen LogP contribution in [0.1, 0.15) is 49.3 Å². The van der Waals surface area contributed by atoms with Crippen LogP contribution in [0, 0.1) is 11.7 Å². The topological polar surface area (TPSA) is 110 Å². The number of hydrogen-bond donors (Lipinski definition) is 0. The predicted molar refractivity (Wildman–Crippen MR) is 123 cm³/mol. The lowest BCUT2D eigenvalue weighted by Crippen LogP contribution is -2.29. The fourth-order valence-electron chi connectivity index (χ4n) is 3.43. The van der Waals surface area contributed by atoms with E-state index in [9.17, 15) is 27.6 Å². The summed E-state index contributed by atoms with van der Waals surface area (Å²) in [5.74, 6) is -3.84. The van der Waals surface area contributed by atoms with Crippen LogP contribution in [0.5, 0.6) is 17.2 Å². The van der Waals surface area contributed by atoms with Gasteiger partial charge < -0.3 is 23.7 Å². The number of ketones is 1. The maximum atomic E-state index is 13.6. The molecule has 0 bridgehead atoms. The summed E-state index contributed by atoms with van der Waals surface area (Å²) in [6, 6.07) is 4.82. The van der Waals surface area contributed by atoms with Crippen molar-refractivity contribution in [1.82, 2.24) is 4.98 Å². The number of pyridine rings is 1. The van der Waals surface area contributed by atoms with Gasteiger partial charge in [-0.3, -0.25) is 14.4 Å². The Labute approximate surface area is 211 Å². The number of Topliss-reactive ketones (excluding diaryl/α,β-unsaturated/α-hetero) is 1. The van der Waals surface area contributed by atoms with Gasteiger partial charge in [-0.15, -0.1) is 0 Å². The molecule has 0 amide bonds. The average Bonchev–Trinajstić information content (AvgIpc) is 2.84. The van der Waals surface area contributed by atoms with E-state index in [-0.39, 0.29) is 34.9 Å². The molecule has 0 aliphatic carbocycles. The van der Waals surface area contributed by atoms with Gasteiger partial charge in [-0.2, -0.15) is 0 Å². The van der Waals surface area contributed by atoms with E-state index in [0.717, 1.165) is 19.1 Å². The molecule has 9 nitrogen and oxygen atoms in total. The number of nitrogens with zero attached hydrogens (tertiary/aromatic N) is 1. The molecule has 202 valence electrons. The van der Waals surface area contributed by atoms with Crippen LogP contribution in [-0.4, -0.2) is 56.1 Å². The first kappa shape index (κ1) is 29.6. The van der Waals surface area contributed by atoms with Crippen molar-refractivity contribution in [2.75, 3.05) is 20.8 Å². The van der Waals surface area contributed by atoms with Crippen LogP contribution in [0.25, 0.3) is 0 Å². The van der Waals surface area contributed by atoms with Gasteiger partial charge in [0, 0.05) is 37.2 Å². The molecule has 0 unspecified atom stereocenters. The molecule has 0 radical (unpaired) electrons. The minimum absolute atomic E-state index is 0.0208. The zero-order valence-electron chi connectivity index (χ0n) is 21.0. The van der Waals surface area contributed by atoms with Gasteiger partial charge in [-0.05, 0) is 19.1 Å². The summed E-state index contributed by atoms with van der Waals surface area (Å²) in [5.41, 5.74) is -0.0170. The van der Waals surface area contributed by atoms with Gasteiger partial charge in [0.1, 0.15) is 30.4 Å². The molecule has 0 fully saturated rings. The zero-order valence-corrected chi connectivity index (χ0v) is 21.0. The molecule has 2 aromatic rings. The van der Waals surface area contributed by atoms with Gasteiger partial charge in [-0.25, -0.2) is 18.2 Å². The number of aromatic nitrogens is 1. The Bertz CT molecular complexity index is 1110. The summed E-state index contributed by atoms with van der Waals surface area (Å²) in [4.78, 5) is 41.1. The number of methoxy groups -OCH3 is 2. The highest BCUT2D eigenvalue weighted by Crippen LogP contribution is 2.34. The summed E-state index contributed by atoms with van der Waals surface area (Å²) in [5, 5.41) is 0. The first-order valence-corrected chi connectivity index (χ1v) is 11.2. The molecule has 1 aromatic carbocycles. The maximum Gasteiger partial charge on any atom is 0.309 e. The van der Waals surface area contributed by atoms with Gasteiger partial charge in [0.15, 0.2) is 17.2 Å². The highest BCUT2D eigenvalue weighted by Gasteiger charge is 2.31. The van der Waals surface area contributed by atoms with Gasteiger partial charge >= 0.3 is 11.9 Å². The smallest absolute Gasteiger partial charge is 0.309 e. The Hall–Kier alpha value is -3.67. The molecule has 1 heterocycles. The lowest BCUT2D eigenvalue weighted by molar-refractivity contribution is -0.162. The number of alkyl halides is 2. The van der Waals surface area contributed by atoms with Crippen LogP contribution < -0.4 is 14.2 Å². The average molecular weight is 527 g/mol. The Morgan fingerprint density at radius 1 is 1.03 bits per heavy atom. The maximum absolute atomic E-state index is 13.6. The van der Waals surface area contributed by atoms with Crippen molar-refractivity contribution in [3.8, 4) is 17.2 Å². The van der Waals surface area contributed by atoms with Crippen LogP contribution in [0.3, 0.4) is 0 Å². The number of carbonyl (C=O) groups excluding carboxylic acids is 3. The number of hydrogen-bond acceptors (Lipinski definition) is 9. The zero-order chi connectivity index (χ0) is 27.7. The van der Waals surface area contributed by atoms with E-state index in [2.05, 4.69) is 4.98 Å². The molecule has 37 heavy (non-hydrogen) atoms. The van der Waals surface area contributed by atoms with Crippen molar-refractivity contribution in [2.24, 2.45) is 5.92 Å². The lowest BCUT2D eigenvalue weighted by atomic mass is 10.0. The van der Waals surface area contributed by atoms with Crippen molar-refractivity contribution >= 4 is 17.7 Å². The summed E-state index contributed by atoms with van der Waals surface area (Å²) in [6.45, 7) is 3.01. The molecule has 3 atom stereocenters. The lowest BCUT2D eigenvalue weighted by Gasteiger charge is -2.27. The van der Waals surface area contributed by atoms with E-state index in [0.29, 0.717) is 0 Å². The third-order valence-electron chi connectivity index (χ3n) is 5.12. The molecule has 0 spiro atoms. The van der Waals surface area contributed by atoms with Gasteiger partial charge in [-0.1, -0.05) is 6.92 Å². The number of rotatable bonds is 13. The molecule has 0 aliphatic rings. The van der Waals surface area contributed by atoms with E-state index < -0.39 is 54.7 Å². The van der Waals surface area contributed by atoms with Gasteiger partial charge in [0.2, 0.25) is 5.75 Å². The standard InChI is InChI=1S/C25H28F3NO8/c1-13(10-18(31)22-24(37-15(3)30)19(33-4)8-9-29-22)25(32)36-14(2)23(35-12-21(27)28)17-7-6-16(26)11-20(17)34-5/h6-9,11,13-14,21,23H,10,12H2,1-5H3/t13-,14+,23+/m1/s1. The Morgan fingerprint density at radius 2 is 1.70 bits per heavy atom. The van der Waals surface area contributed by atoms with E-state index in [1.165, 1.54) is 46.4 Å². The number of carbonyl (C=O) groups is 3. The van der Waals surface area contributed by atoms with Crippen LogP contribution in [0.15, 0.2) is 30.5 Å². The molecule has 2 rings (SSSR count). The van der Waals surface area contributed by atoms with Gasteiger partial charge in [0.25, 0.3) is 6.43 Å². The van der Waals surface area contributed by atoms with Crippen LogP contribution >= 0.6 is 0 Å². The second-order valence-corrected chi connectivity index (χ2v) is 7.99. The number of benzene rings is 1. The minimum atomic E-state index is -2.81. The number of halogens is 3. The Morgan fingerprint density at radius 3 is 2.30 bits per heavy atom. The molecule has 1 aromatic heterocycles. The van der Waals surface area contributed by atoms with E-state index in [1.54, 1.807) is 0 Å². The number of ether oxygens (including phenoxy) is 5. The predicted octanol–water partition coefficient (Wildman–Crippen LogP) is 4.33. The third kappa shape index (κ3) is 8.17. The first-order chi connectivity index (χ1) is 17.5. The number of esters is 2. The van der Waals surface area contributed by atoms with Crippen molar-refractivity contribution in [2.45, 2.75) is 45.8 Å². The van der Waals surface area contributed by atoms with E-state index in [1.807, 2.05) is 0 Å². The summed E-state index contributed by atoms with van der Waals surface area (Å²) < 4.78 is 65.4. The van der Waals surface area contributed by atoms with Crippen LogP contribution in [0.4, 0.5) is 13.2 Å². The normalized spacial score (nSPS) is 13.4. The third-order valence-corrected chi connectivity index (χ3v) is 5.12. The molecule has 12 heteroatoms. The Balaban J connectivity index is 2.20. The van der Waals surface area contributed by atoms with Gasteiger partial charge in [0.05, 0.1) is 20.1 Å². The van der Waals surface area contributed by atoms with E-state index >= 15 is 0 Å². The second-order valence-electron chi connectivity index (χ2n) is 7.99. The van der Waals surface area contributed by atoms with Crippen molar-refractivity contribution in [1.29, 1.82) is 0 Å². The molecule has 0 saturated carbocycles. The second kappa shape index (κ2) is 13.6. The van der Waals surface area contributed by atoms with Crippen molar-refractivity contribution in [3.05, 3.63) is 47.5 Å². The molecule has 0 saturated heterocycles. The highest BCUT2D eigenvalue weighted by molar-refractivity contribution is 5.99.